The summed E-state index contributed by atoms with van der Waals surface area (Å²) < 4.78 is 12.8. The Labute approximate surface area is 128 Å². The van der Waals surface area contributed by atoms with E-state index in [2.05, 4.69) is 16.9 Å². The molecule has 0 amide bonds. The number of hydrogen-bond donors (Lipinski definition) is 3. The Bertz CT molecular complexity index is 630. The van der Waals surface area contributed by atoms with Crippen LogP contribution in [0.1, 0.15) is 5.56 Å². The molecule has 0 fully saturated rings. The van der Waals surface area contributed by atoms with Crippen molar-refractivity contribution in [3.63, 3.8) is 0 Å². The number of aromatic nitrogens is 1. The van der Waals surface area contributed by atoms with E-state index in [-0.39, 0.29) is 12.4 Å². The molecule has 1 aromatic carbocycles. The van der Waals surface area contributed by atoms with Crippen molar-refractivity contribution in [2.45, 2.75) is 0 Å². The number of benzene rings is 1. The van der Waals surface area contributed by atoms with Crippen LogP contribution in [0.25, 0.3) is 5.70 Å². The Kier molecular flexibility index (Phi) is 5.32. The van der Waals surface area contributed by atoms with Gasteiger partial charge in [-0.3, -0.25) is 0 Å². The number of rotatable bonds is 7. The molecule has 4 N–H and O–H groups in total. The molecule has 0 bridgehead atoms. The third-order valence-corrected chi connectivity index (χ3v) is 3.20. The van der Waals surface area contributed by atoms with Crippen LogP contribution in [0.2, 0.25) is 0 Å². The second-order valence-electron chi connectivity index (χ2n) is 4.72. The minimum Gasteiger partial charge on any atom is -0.398 e. The topological polar surface area (TPSA) is 74.4 Å². The average molecular weight is 302 g/mol. The largest absolute Gasteiger partial charge is 0.398 e. The van der Waals surface area contributed by atoms with Gasteiger partial charge in [-0.2, -0.15) is 0 Å². The quantitative estimate of drug-likeness (QED) is 0.540. The molecular weight excluding hydrogens is 283 g/mol. The lowest BCUT2D eigenvalue weighted by Gasteiger charge is -2.27. The summed E-state index contributed by atoms with van der Waals surface area (Å²) in [7, 11) is 0. The molecule has 0 aliphatic rings. The second-order valence-corrected chi connectivity index (χ2v) is 4.72. The monoisotopic (exact) mass is 302 g/mol. The lowest BCUT2D eigenvalue weighted by molar-refractivity contribution is 0.249. The van der Waals surface area contributed by atoms with Crippen LogP contribution in [0, 0.1) is 5.82 Å². The van der Waals surface area contributed by atoms with E-state index in [1.54, 1.807) is 12.1 Å². The normalized spacial score (nSPS) is 10.3. The highest BCUT2D eigenvalue weighted by Crippen LogP contribution is 2.22. The lowest BCUT2D eigenvalue weighted by Crippen LogP contribution is -2.30. The Morgan fingerprint density at radius 1 is 1.32 bits per heavy atom. The summed E-state index contributed by atoms with van der Waals surface area (Å²) in [5, 5.41) is 12.3. The first-order valence-corrected chi connectivity index (χ1v) is 6.87. The summed E-state index contributed by atoms with van der Waals surface area (Å²) in [6.07, 6.45) is 1.14. The molecule has 0 radical (unpaired) electrons. The molecule has 1 aromatic heterocycles. The number of nitrogens with one attached hydrogen (secondary N) is 1. The third kappa shape index (κ3) is 3.95. The van der Waals surface area contributed by atoms with Gasteiger partial charge in [-0.25, -0.2) is 9.37 Å². The van der Waals surface area contributed by atoms with E-state index in [9.17, 15) is 9.50 Å². The van der Waals surface area contributed by atoms with E-state index in [4.69, 9.17) is 5.73 Å². The number of nitrogen functional groups attached to an aromatic ring is 1. The van der Waals surface area contributed by atoms with Crippen LogP contribution in [-0.4, -0.2) is 34.8 Å². The fourth-order valence-corrected chi connectivity index (χ4v) is 2.02. The predicted octanol–water partition coefficient (Wildman–Crippen LogP) is 2.14. The molecule has 0 saturated heterocycles. The summed E-state index contributed by atoms with van der Waals surface area (Å²) in [5.74, 6) is 0.150. The Hall–Kier alpha value is -2.60. The minimum atomic E-state index is -0.390. The van der Waals surface area contributed by atoms with Crippen molar-refractivity contribution in [1.29, 1.82) is 0 Å². The van der Waals surface area contributed by atoms with E-state index in [0.717, 1.165) is 11.8 Å². The zero-order valence-corrected chi connectivity index (χ0v) is 12.2. The number of hydrogen-bond acceptors (Lipinski definition) is 5. The number of nitrogens with zero attached hydrogens (tertiary/aromatic N) is 2. The van der Waals surface area contributed by atoms with E-state index in [0.29, 0.717) is 30.4 Å². The first-order valence-electron chi connectivity index (χ1n) is 6.87. The van der Waals surface area contributed by atoms with Crippen LogP contribution in [0.5, 0.6) is 0 Å². The molecule has 0 spiro atoms. The number of halogens is 1. The smallest absolute Gasteiger partial charge is 0.141 e. The molecule has 0 saturated carbocycles. The van der Waals surface area contributed by atoms with Crippen molar-refractivity contribution in [3.8, 4) is 0 Å². The summed E-state index contributed by atoms with van der Waals surface area (Å²) in [4.78, 5) is 5.77. The highest BCUT2D eigenvalue weighted by Gasteiger charge is 2.11. The molecule has 0 aliphatic carbocycles. The van der Waals surface area contributed by atoms with Gasteiger partial charge >= 0.3 is 0 Å². The van der Waals surface area contributed by atoms with Crippen molar-refractivity contribution in [2.24, 2.45) is 0 Å². The lowest BCUT2D eigenvalue weighted by atomic mass is 10.1. The van der Waals surface area contributed by atoms with Crippen LogP contribution in [0.4, 0.5) is 15.9 Å². The van der Waals surface area contributed by atoms with Crippen LogP contribution in [0.15, 0.2) is 49.2 Å². The van der Waals surface area contributed by atoms with E-state index < -0.39 is 0 Å². The zero-order valence-electron chi connectivity index (χ0n) is 12.2. The standard InChI is InChI=1S/C16H19FN4O/c1-12(14-4-2-3-5-15(14)18)21(8-9-22)11-20-16-7-6-13(17)10-19-16/h2-7,10,22H,1,8-9,11,18H2,(H,19,20). The summed E-state index contributed by atoms with van der Waals surface area (Å²) in [6, 6.07) is 10.3. The third-order valence-electron chi connectivity index (χ3n) is 3.20. The summed E-state index contributed by atoms with van der Waals surface area (Å²) in [6.45, 7) is 4.78. The number of para-hydroxylation sites is 1. The van der Waals surface area contributed by atoms with Gasteiger partial charge in [0, 0.05) is 23.5 Å². The van der Waals surface area contributed by atoms with Crippen LogP contribution < -0.4 is 11.1 Å². The first kappa shape index (κ1) is 15.8. The van der Waals surface area contributed by atoms with Crippen molar-refractivity contribution in [1.82, 2.24) is 9.88 Å². The maximum absolute atomic E-state index is 12.8. The van der Waals surface area contributed by atoms with E-state index >= 15 is 0 Å². The molecule has 6 heteroatoms. The van der Waals surface area contributed by atoms with E-state index in [1.807, 2.05) is 23.1 Å². The zero-order chi connectivity index (χ0) is 15.9. The van der Waals surface area contributed by atoms with Gasteiger partial charge < -0.3 is 21.1 Å². The number of anilines is 2. The molecule has 2 aromatic rings. The minimum absolute atomic E-state index is 0.0235. The van der Waals surface area contributed by atoms with Crippen molar-refractivity contribution in [3.05, 3.63) is 60.6 Å². The first-order chi connectivity index (χ1) is 10.6. The van der Waals surface area contributed by atoms with Crippen LogP contribution in [0.3, 0.4) is 0 Å². The van der Waals surface area contributed by atoms with Gasteiger partial charge in [0.15, 0.2) is 0 Å². The van der Waals surface area contributed by atoms with Gasteiger partial charge in [-0.1, -0.05) is 24.8 Å². The number of nitrogens with two attached hydrogens (primary N) is 1. The molecular formula is C16H19FN4O. The molecule has 5 nitrogen and oxygen atoms in total. The SMILES string of the molecule is C=C(c1ccccc1N)N(CCO)CNc1ccc(F)cn1. The summed E-state index contributed by atoms with van der Waals surface area (Å²) >= 11 is 0. The molecule has 0 aliphatic heterocycles. The predicted molar refractivity (Wildman–Crippen MR) is 86.4 cm³/mol. The van der Waals surface area contributed by atoms with Gasteiger partial charge in [0.05, 0.1) is 19.5 Å². The van der Waals surface area contributed by atoms with E-state index in [1.165, 1.54) is 6.07 Å². The highest BCUT2D eigenvalue weighted by atomic mass is 19.1. The van der Waals surface area contributed by atoms with Crippen molar-refractivity contribution >= 4 is 17.2 Å². The highest BCUT2D eigenvalue weighted by molar-refractivity contribution is 5.72. The maximum atomic E-state index is 12.8. The molecule has 116 valence electrons. The van der Waals surface area contributed by atoms with Crippen LogP contribution in [-0.2, 0) is 0 Å². The number of pyridine rings is 1. The molecule has 22 heavy (non-hydrogen) atoms. The Morgan fingerprint density at radius 3 is 2.73 bits per heavy atom. The Balaban J connectivity index is 2.07. The van der Waals surface area contributed by atoms with Gasteiger partial charge in [0.1, 0.15) is 11.6 Å². The van der Waals surface area contributed by atoms with Gasteiger partial charge in [-0.15, -0.1) is 0 Å². The molecule has 0 atom stereocenters. The van der Waals surface area contributed by atoms with Gasteiger partial charge in [0.2, 0.25) is 0 Å². The maximum Gasteiger partial charge on any atom is 0.141 e. The molecule has 0 unspecified atom stereocenters. The number of aliphatic hydroxyl groups excluding tert-OH is 1. The van der Waals surface area contributed by atoms with Crippen LogP contribution >= 0.6 is 0 Å². The fraction of sp³-hybridized carbons (Fsp3) is 0.188. The average Bonchev–Trinajstić information content (AvgIpc) is 2.53. The fourth-order valence-electron chi connectivity index (χ4n) is 2.02. The Morgan fingerprint density at radius 2 is 2.09 bits per heavy atom. The second kappa shape index (κ2) is 7.42. The molecule has 2 rings (SSSR count). The van der Waals surface area contributed by atoms with Gasteiger partial charge in [-0.05, 0) is 18.2 Å². The van der Waals surface area contributed by atoms with Gasteiger partial charge in [0.25, 0.3) is 0 Å². The van der Waals surface area contributed by atoms with Crippen molar-refractivity contribution < 1.29 is 9.50 Å². The number of aliphatic hydroxyl groups is 1. The summed E-state index contributed by atoms with van der Waals surface area (Å²) in [5.41, 5.74) is 8.08. The molecule has 1 heterocycles. The van der Waals surface area contributed by atoms with Crippen molar-refractivity contribution in [2.75, 3.05) is 30.9 Å².